The molecule has 1 N–H and O–H groups in total. The Kier molecular flexibility index (Phi) is 4.48. The lowest BCUT2D eigenvalue weighted by atomic mass is 10.1. The number of amides is 2. The third-order valence-electron chi connectivity index (χ3n) is 3.03. The zero-order valence-electron chi connectivity index (χ0n) is 11.0. The van der Waals surface area contributed by atoms with Gasteiger partial charge in [-0.3, -0.25) is 9.59 Å². The molecule has 0 aliphatic carbocycles. The molecule has 0 aromatic carbocycles. The molecule has 1 aliphatic rings. The number of carbonyl (C=O) groups excluding carboxylic acids is 2. The number of nitrogens with one attached hydrogen (secondary N) is 1. The molecule has 7 heteroatoms. The van der Waals surface area contributed by atoms with Crippen molar-refractivity contribution in [2.24, 2.45) is 0 Å². The van der Waals surface area contributed by atoms with Crippen LogP contribution in [-0.2, 0) is 16.0 Å². The van der Waals surface area contributed by atoms with E-state index in [1.165, 1.54) is 6.42 Å². The molecular weight excluding hydrogens is 248 g/mol. The van der Waals surface area contributed by atoms with Crippen LogP contribution in [0.25, 0.3) is 0 Å². The van der Waals surface area contributed by atoms with E-state index in [0.717, 1.165) is 25.9 Å². The zero-order chi connectivity index (χ0) is 13.7. The molecule has 104 valence electrons. The molecule has 2 amide bonds. The minimum absolute atomic E-state index is 0.0302. The number of likely N-dealkylation sites (tertiary alicyclic amines) is 1. The van der Waals surface area contributed by atoms with Gasteiger partial charge in [-0.05, 0) is 19.3 Å². The maximum absolute atomic E-state index is 11.8. The summed E-state index contributed by atoms with van der Waals surface area (Å²) in [4.78, 5) is 29.2. The van der Waals surface area contributed by atoms with Crippen molar-refractivity contribution in [3.8, 4) is 0 Å². The first-order chi connectivity index (χ1) is 9.15. The summed E-state index contributed by atoms with van der Waals surface area (Å²) < 4.78 is 4.77. The van der Waals surface area contributed by atoms with Crippen LogP contribution in [0.15, 0.2) is 4.52 Å². The molecule has 1 aromatic heterocycles. The molecule has 0 bridgehead atoms. The summed E-state index contributed by atoms with van der Waals surface area (Å²) in [6, 6.07) is 0. The van der Waals surface area contributed by atoms with Gasteiger partial charge in [-0.1, -0.05) is 5.16 Å². The molecular formula is C12H18N4O3. The first-order valence-electron chi connectivity index (χ1n) is 6.49. The van der Waals surface area contributed by atoms with Crippen LogP contribution in [0.1, 0.15) is 31.0 Å². The number of piperidine rings is 1. The Labute approximate surface area is 111 Å². The predicted molar refractivity (Wildman–Crippen MR) is 66.2 cm³/mol. The smallest absolute Gasteiger partial charge is 0.241 e. The van der Waals surface area contributed by atoms with Crippen LogP contribution in [0, 0.1) is 6.92 Å². The molecule has 0 radical (unpaired) electrons. The first-order valence-corrected chi connectivity index (χ1v) is 6.49. The number of hydrogen-bond acceptors (Lipinski definition) is 5. The van der Waals surface area contributed by atoms with Gasteiger partial charge in [0.1, 0.15) is 0 Å². The number of hydrogen-bond donors (Lipinski definition) is 1. The van der Waals surface area contributed by atoms with Gasteiger partial charge >= 0.3 is 0 Å². The molecule has 1 fully saturated rings. The molecule has 1 aromatic rings. The fraction of sp³-hybridized carbons (Fsp3) is 0.667. The Balaban J connectivity index is 1.72. The van der Waals surface area contributed by atoms with E-state index in [-0.39, 0.29) is 24.8 Å². The highest BCUT2D eigenvalue weighted by Gasteiger charge is 2.17. The lowest BCUT2D eigenvalue weighted by molar-refractivity contribution is -0.133. The quantitative estimate of drug-likeness (QED) is 0.831. The standard InChI is InChI=1S/C12H18N4O3/c1-9-14-10(15-19-9)7-11(17)13-8-12(18)16-5-3-2-4-6-16/h2-8H2,1H3,(H,13,17). The van der Waals surface area contributed by atoms with Gasteiger partial charge in [0.2, 0.25) is 17.7 Å². The fourth-order valence-electron chi connectivity index (χ4n) is 2.05. The summed E-state index contributed by atoms with van der Waals surface area (Å²) in [6.07, 6.45) is 3.29. The molecule has 1 saturated heterocycles. The summed E-state index contributed by atoms with van der Waals surface area (Å²) in [6.45, 7) is 3.28. The Bertz CT molecular complexity index is 452. The van der Waals surface area contributed by atoms with Crippen molar-refractivity contribution in [2.75, 3.05) is 19.6 Å². The number of carbonyl (C=O) groups is 2. The maximum Gasteiger partial charge on any atom is 0.241 e. The number of rotatable bonds is 4. The van der Waals surface area contributed by atoms with Crippen molar-refractivity contribution in [1.29, 1.82) is 0 Å². The summed E-state index contributed by atoms with van der Waals surface area (Å²) >= 11 is 0. The van der Waals surface area contributed by atoms with Gasteiger partial charge in [0.05, 0.1) is 13.0 Å². The van der Waals surface area contributed by atoms with Gasteiger partial charge in [-0.15, -0.1) is 0 Å². The predicted octanol–water partition coefficient (Wildman–Crippen LogP) is 0.0492. The molecule has 7 nitrogen and oxygen atoms in total. The fourth-order valence-corrected chi connectivity index (χ4v) is 2.05. The second-order valence-electron chi connectivity index (χ2n) is 4.62. The van der Waals surface area contributed by atoms with Gasteiger partial charge in [0.15, 0.2) is 5.82 Å². The van der Waals surface area contributed by atoms with Crippen molar-refractivity contribution in [3.63, 3.8) is 0 Å². The van der Waals surface area contributed by atoms with Crippen molar-refractivity contribution < 1.29 is 14.1 Å². The van der Waals surface area contributed by atoms with E-state index in [1.54, 1.807) is 11.8 Å². The molecule has 19 heavy (non-hydrogen) atoms. The van der Waals surface area contributed by atoms with Crippen LogP contribution in [0.2, 0.25) is 0 Å². The Hall–Kier alpha value is -1.92. The van der Waals surface area contributed by atoms with Crippen molar-refractivity contribution in [3.05, 3.63) is 11.7 Å². The molecule has 0 spiro atoms. The average molecular weight is 266 g/mol. The first kappa shape index (κ1) is 13.5. The number of aromatic nitrogens is 2. The van der Waals surface area contributed by atoms with E-state index < -0.39 is 0 Å². The monoisotopic (exact) mass is 266 g/mol. The second kappa shape index (κ2) is 6.31. The van der Waals surface area contributed by atoms with E-state index in [4.69, 9.17) is 4.52 Å². The topological polar surface area (TPSA) is 88.3 Å². The third kappa shape index (κ3) is 4.04. The maximum atomic E-state index is 11.8. The van der Waals surface area contributed by atoms with Crippen LogP contribution in [0.5, 0.6) is 0 Å². The van der Waals surface area contributed by atoms with Crippen LogP contribution in [0.3, 0.4) is 0 Å². The van der Waals surface area contributed by atoms with E-state index in [9.17, 15) is 9.59 Å². The van der Waals surface area contributed by atoms with Crippen molar-refractivity contribution in [1.82, 2.24) is 20.4 Å². The molecule has 1 aliphatic heterocycles. The Morgan fingerprint density at radius 3 is 2.68 bits per heavy atom. The van der Waals surface area contributed by atoms with E-state index in [2.05, 4.69) is 15.5 Å². The number of nitrogens with zero attached hydrogens (tertiary/aromatic N) is 3. The lowest BCUT2D eigenvalue weighted by Gasteiger charge is -2.26. The van der Waals surface area contributed by atoms with Crippen LogP contribution in [-0.4, -0.2) is 46.5 Å². The molecule has 0 saturated carbocycles. The minimum Gasteiger partial charge on any atom is -0.347 e. The minimum atomic E-state index is -0.272. The Morgan fingerprint density at radius 1 is 1.32 bits per heavy atom. The van der Waals surface area contributed by atoms with Crippen LogP contribution in [0.4, 0.5) is 0 Å². The summed E-state index contributed by atoms with van der Waals surface area (Å²) in [5, 5.41) is 6.22. The van der Waals surface area contributed by atoms with E-state index >= 15 is 0 Å². The van der Waals surface area contributed by atoms with Gasteiger partial charge in [0.25, 0.3) is 0 Å². The van der Waals surface area contributed by atoms with Gasteiger partial charge < -0.3 is 14.7 Å². The van der Waals surface area contributed by atoms with E-state index in [1.807, 2.05) is 0 Å². The van der Waals surface area contributed by atoms with Crippen LogP contribution < -0.4 is 5.32 Å². The van der Waals surface area contributed by atoms with Crippen LogP contribution >= 0.6 is 0 Å². The van der Waals surface area contributed by atoms with E-state index in [0.29, 0.717) is 11.7 Å². The van der Waals surface area contributed by atoms with Crippen molar-refractivity contribution >= 4 is 11.8 Å². The molecule has 0 unspecified atom stereocenters. The second-order valence-corrected chi connectivity index (χ2v) is 4.62. The summed E-state index contributed by atoms with van der Waals surface area (Å²) in [5.41, 5.74) is 0. The van der Waals surface area contributed by atoms with Gasteiger partial charge in [-0.25, -0.2) is 0 Å². The summed E-state index contributed by atoms with van der Waals surface area (Å²) in [7, 11) is 0. The normalized spacial score (nSPS) is 15.3. The highest BCUT2D eigenvalue weighted by molar-refractivity contribution is 5.85. The SMILES string of the molecule is Cc1nc(CC(=O)NCC(=O)N2CCCCC2)no1. The van der Waals surface area contributed by atoms with Gasteiger partial charge in [0, 0.05) is 20.0 Å². The lowest BCUT2D eigenvalue weighted by Crippen LogP contribution is -2.42. The average Bonchev–Trinajstić information content (AvgIpc) is 2.82. The molecule has 2 rings (SSSR count). The molecule has 0 atom stereocenters. The number of aryl methyl sites for hydroxylation is 1. The zero-order valence-corrected chi connectivity index (χ0v) is 11.0. The summed E-state index contributed by atoms with van der Waals surface area (Å²) in [5.74, 6) is 0.455. The van der Waals surface area contributed by atoms with Crippen molar-refractivity contribution in [2.45, 2.75) is 32.6 Å². The third-order valence-corrected chi connectivity index (χ3v) is 3.03. The highest BCUT2D eigenvalue weighted by Crippen LogP contribution is 2.08. The highest BCUT2D eigenvalue weighted by atomic mass is 16.5. The largest absolute Gasteiger partial charge is 0.347 e. The molecule has 2 heterocycles. The van der Waals surface area contributed by atoms with Gasteiger partial charge in [-0.2, -0.15) is 4.98 Å². The Morgan fingerprint density at radius 2 is 2.05 bits per heavy atom.